The number of fused-ring (bicyclic) bond motifs is 2. The van der Waals surface area contributed by atoms with E-state index in [0.717, 1.165) is 49.8 Å². The largest absolute Gasteiger partial charge is 0.396 e. The van der Waals surface area contributed by atoms with Gasteiger partial charge in [-0.1, -0.05) is 0 Å². The first-order valence-corrected chi connectivity index (χ1v) is 8.96. The fourth-order valence-electron chi connectivity index (χ4n) is 4.44. The van der Waals surface area contributed by atoms with Crippen molar-refractivity contribution in [1.82, 2.24) is 9.88 Å². The number of nitrogens with one attached hydrogen (secondary N) is 1. The molecular weight excluding hydrogens is 308 g/mol. The molecule has 1 unspecified atom stereocenters. The third-order valence-electron chi connectivity index (χ3n) is 5.72. The predicted octanol–water partition coefficient (Wildman–Crippen LogP) is 0.866. The molecule has 1 aromatic heterocycles. The smallest absolute Gasteiger partial charge is 0.261 e. The molecule has 24 heavy (non-hydrogen) atoms. The lowest BCUT2D eigenvalue weighted by atomic mass is 9.94. The normalized spacial score (nSPS) is 29.2. The number of H-pyrrole nitrogens is 1. The molecule has 1 aliphatic heterocycles. The van der Waals surface area contributed by atoms with Gasteiger partial charge in [-0.15, -0.1) is 0 Å². The van der Waals surface area contributed by atoms with Gasteiger partial charge in [0.15, 0.2) is 0 Å². The molecule has 1 saturated carbocycles. The maximum absolute atomic E-state index is 13.0. The van der Waals surface area contributed by atoms with E-state index in [1.165, 1.54) is 0 Å². The average molecular weight is 332 g/mol. The highest BCUT2D eigenvalue weighted by Gasteiger charge is 2.43. The van der Waals surface area contributed by atoms with Gasteiger partial charge in [-0.05, 0) is 56.1 Å². The van der Waals surface area contributed by atoms with Crippen LogP contribution in [0, 0.1) is 5.92 Å². The first-order valence-electron chi connectivity index (χ1n) is 8.96. The van der Waals surface area contributed by atoms with E-state index in [4.69, 9.17) is 4.74 Å². The molecule has 2 heterocycles. The number of aliphatic hydroxyl groups is 1. The highest BCUT2D eigenvalue weighted by atomic mass is 16.5. The molecule has 0 aromatic carbocycles. The highest BCUT2D eigenvalue weighted by Crippen LogP contribution is 2.34. The third kappa shape index (κ3) is 2.67. The van der Waals surface area contributed by atoms with Crippen LogP contribution in [0.15, 0.2) is 10.9 Å². The van der Waals surface area contributed by atoms with Crippen molar-refractivity contribution in [2.45, 2.75) is 50.7 Å². The van der Waals surface area contributed by atoms with E-state index >= 15 is 0 Å². The van der Waals surface area contributed by atoms with E-state index in [2.05, 4.69) is 4.98 Å². The second-order valence-corrected chi connectivity index (χ2v) is 7.22. The Balaban J connectivity index is 1.62. The summed E-state index contributed by atoms with van der Waals surface area (Å²) in [5, 5.41) is 9.42. The number of aliphatic hydroxyl groups excluding tert-OH is 1. The van der Waals surface area contributed by atoms with Gasteiger partial charge in [0.1, 0.15) is 5.56 Å². The number of hydrogen-bond donors (Lipinski definition) is 2. The molecule has 130 valence electrons. The number of carbonyl (C=O) groups is 1. The lowest BCUT2D eigenvalue weighted by Crippen LogP contribution is -2.52. The predicted molar refractivity (Wildman–Crippen MR) is 88.1 cm³/mol. The SMILES string of the molecule is O=C(c1cc2c([nH]c1=O)CCCC2)N1CCOC2C[C@H](CO)C[C@@H]21. The quantitative estimate of drug-likeness (QED) is 0.842. The number of morpholine rings is 1. The molecule has 1 amide bonds. The molecule has 1 saturated heterocycles. The molecule has 0 radical (unpaired) electrons. The number of rotatable bonds is 2. The van der Waals surface area contributed by atoms with Gasteiger partial charge in [0.05, 0.1) is 18.8 Å². The van der Waals surface area contributed by atoms with Gasteiger partial charge >= 0.3 is 0 Å². The van der Waals surface area contributed by atoms with Crippen LogP contribution in [0.2, 0.25) is 0 Å². The molecule has 0 bridgehead atoms. The van der Waals surface area contributed by atoms with Gasteiger partial charge in [0, 0.05) is 18.8 Å². The Labute approximate surface area is 140 Å². The monoisotopic (exact) mass is 332 g/mol. The summed E-state index contributed by atoms with van der Waals surface area (Å²) >= 11 is 0. The summed E-state index contributed by atoms with van der Waals surface area (Å²) in [5.74, 6) is -0.0169. The van der Waals surface area contributed by atoms with Crippen LogP contribution in [0.5, 0.6) is 0 Å². The van der Waals surface area contributed by atoms with Crippen molar-refractivity contribution < 1.29 is 14.6 Å². The Morgan fingerprint density at radius 2 is 2.17 bits per heavy atom. The minimum Gasteiger partial charge on any atom is -0.396 e. The molecule has 4 rings (SSSR count). The van der Waals surface area contributed by atoms with Gasteiger partial charge < -0.3 is 19.7 Å². The lowest BCUT2D eigenvalue weighted by Gasteiger charge is -2.37. The first kappa shape index (κ1) is 15.8. The third-order valence-corrected chi connectivity index (χ3v) is 5.72. The van der Waals surface area contributed by atoms with E-state index in [9.17, 15) is 14.7 Å². The van der Waals surface area contributed by atoms with Crippen molar-refractivity contribution in [3.63, 3.8) is 0 Å². The summed E-state index contributed by atoms with van der Waals surface area (Å²) in [6.07, 6.45) is 5.52. The molecule has 6 nitrogen and oxygen atoms in total. The van der Waals surface area contributed by atoms with E-state index in [1.807, 2.05) is 0 Å². The summed E-state index contributed by atoms with van der Waals surface area (Å²) in [6, 6.07) is 1.78. The number of carbonyl (C=O) groups excluding carboxylic acids is 1. The summed E-state index contributed by atoms with van der Waals surface area (Å²) in [6.45, 7) is 1.13. The number of nitrogens with zero attached hydrogens (tertiary/aromatic N) is 1. The number of aromatic nitrogens is 1. The number of amides is 1. The van der Waals surface area contributed by atoms with Crippen LogP contribution in [-0.2, 0) is 17.6 Å². The second-order valence-electron chi connectivity index (χ2n) is 7.22. The van der Waals surface area contributed by atoms with Crippen LogP contribution in [-0.4, -0.2) is 52.8 Å². The summed E-state index contributed by atoms with van der Waals surface area (Å²) in [4.78, 5) is 30.2. The van der Waals surface area contributed by atoms with E-state index in [-0.39, 0.29) is 41.7 Å². The molecule has 3 aliphatic rings. The van der Waals surface area contributed by atoms with Gasteiger partial charge in [-0.25, -0.2) is 0 Å². The molecule has 0 spiro atoms. The first-order chi connectivity index (χ1) is 11.7. The Bertz CT molecular complexity index is 699. The molecule has 2 N–H and O–H groups in total. The number of aryl methyl sites for hydroxylation is 2. The Morgan fingerprint density at radius 1 is 1.33 bits per heavy atom. The Hall–Kier alpha value is -1.66. The van der Waals surface area contributed by atoms with Crippen LogP contribution in [0.4, 0.5) is 0 Å². The zero-order chi connectivity index (χ0) is 16.7. The summed E-state index contributed by atoms with van der Waals surface area (Å²) < 4.78 is 5.78. The van der Waals surface area contributed by atoms with Crippen molar-refractivity contribution in [2.75, 3.05) is 19.8 Å². The van der Waals surface area contributed by atoms with Crippen LogP contribution in [0.1, 0.15) is 47.3 Å². The van der Waals surface area contributed by atoms with Crippen molar-refractivity contribution >= 4 is 5.91 Å². The summed E-state index contributed by atoms with van der Waals surface area (Å²) in [7, 11) is 0. The zero-order valence-electron chi connectivity index (χ0n) is 13.8. The maximum Gasteiger partial charge on any atom is 0.261 e. The number of pyridine rings is 1. The molecule has 2 fully saturated rings. The van der Waals surface area contributed by atoms with E-state index in [0.29, 0.717) is 13.2 Å². The number of ether oxygens (including phenoxy) is 1. The average Bonchev–Trinajstić information content (AvgIpc) is 3.04. The Kier molecular flexibility index (Phi) is 4.18. The topological polar surface area (TPSA) is 82.6 Å². The number of hydrogen-bond acceptors (Lipinski definition) is 4. The minimum atomic E-state index is -0.277. The van der Waals surface area contributed by atoms with E-state index in [1.54, 1.807) is 11.0 Å². The van der Waals surface area contributed by atoms with Crippen molar-refractivity contribution in [3.05, 3.63) is 33.2 Å². The maximum atomic E-state index is 13.0. The zero-order valence-corrected chi connectivity index (χ0v) is 13.8. The highest BCUT2D eigenvalue weighted by molar-refractivity contribution is 5.94. The fraction of sp³-hybridized carbons (Fsp3) is 0.667. The minimum absolute atomic E-state index is 0.0171. The van der Waals surface area contributed by atoms with Crippen molar-refractivity contribution in [1.29, 1.82) is 0 Å². The van der Waals surface area contributed by atoms with Gasteiger partial charge in [0.2, 0.25) is 0 Å². The number of aromatic amines is 1. The van der Waals surface area contributed by atoms with Crippen LogP contribution < -0.4 is 5.56 Å². The standard InChI is InChI=1S/C18H24N2O4/c21-10-11-7-15-16(8-11)24-6-5-20(15)18(23)13-9-12-3-1-2-4-14(12)19-17(13)22/h9,11,15-16,21H,1-8,10H2,(H,19,22)/t11-,15+,16?/m1/s1. The van der Waals surface area contributed by atoms with Crippen LogP contribution in [0.3, 0.4) is 0 Å². The lowest BCUT2D eigenvalue weighted by molar-refractivity contribution is -0.0449. The molecule has 1 aromatic rings. The van der Waals surface area contributed by atoms with Crippen LogP contribution in [0.25, 0.3) is 0 Å². The molecular formula is C18H24N2O4. The second kappa shape index (κ2) is 6.33. The van der Waals surface area contributed by atoms with E-state index < -0.39 is 0 Å². The Morgan fingerprint density at radius 3 is 3.00 bits per heavy atom. The summed E-state index contributed by atoms with van der Waals surface area (Å²) in [5.41, 5.74) is 2.07. The van der Waals surface area contributed by atoms with Crippen molar-refractivity contribution in [3.8, 4) is 0 Å². The van der Waals surface area contributed by atoms with Crippen LogP contribution >= 0.6 is 0 Å². The van der Waals surface area contributed by atoms with Gasteiger partial charge in [-0.3, -0.25) is 9.59 Å². The van der Waals surface area contributed by atoms with Crippen molar-refractivity contribution in [2.24, 2.45) is 5.92 Å². The molecule has 2 aliphatic carbocycles. The van der Waals surface area contributed by atoms with Gasteiger partial charge in [-0.2, -0.15) is 0 Å². The van der Waals surface area contributed by atoms with Gasteiger partial charge in [0.25, 0.3) is 11.5 Å². The fourth-order valence-corrected chi connectivity index (χ4v) is 4.44. The molecule has 6 heteroatoms. The molecule has 3 atom stereocenters.